The average molecular weight is 306 g/mol. The van der Waals surface area contributed by atoms with Crippen LogP contribution >= 0.6 is 0 Å². The quantitative estimate of drug-likeness (QED) is 0.865. The van der Waals surface area contributed by atoms with Crippen molar-refractivity contribution in [3.05, 3.63) is 53.5 Å². The van der Waals surface area contributed by atoms with Crippen LogP contribution in [-0.4, -0.2) is 22.6 Å². The second kappa shape index (κ2) is 6.78. The number of nitriles is 1. The van der Waals surface area contributed by atoms with E-state index in [2.05, 4.69) is 33.9 Å². The lowest BCUT2D eigenvalue weighted by molar-refractivity contribution is 0.606. The van der Waals surface area contributed by atoms with E-state index in [-0.39, 0.29) is 12.0 Å². The molecule has 118 valence electrons. The van der Waals surface area contributed by atoms with E-state index in [1.54, 1.807) is 0 Å². The Labute approximate surface area is 137 Å². The smallest absolute Gasteiger partial charge is 0.132 e. The molecule has 0 spiro atoms. The van der Waals surface area contributed by atoms with Gasteiger partial charge in [0.1, 0.15) is 11.6 Å². The lowest BCUT2D eigenvalue weighted by Crippen LogP contribution is -2.35. The van der Waals surface area contributed by atoms with Crippen molar-refractivity contribution >= 4 is 5.82 Å². The van der Waals surface area contributed by atoms with E-state index in [0.717, 1.165) is 48.7 Å². The van der Waals surface area contributed by atoms with Crippen molar-refractivity contribution in [1.29, 1.82) is 5.26 Å². The van der Waals surface area contributed by atoms with E-state index >= 15 is 0 Å². The van der Waals surface area contributed by atoms with Crippen molar-refractivity contribution in [2.45, 2.75) is 45.1 Å². The highest BCUT2D eigenvalue weighted by atomic mass is 15.2. The molecule has 2 aromatic rings. The Bertz CT molecular complexity index is 705. The minimum absolute atomic E-state index is 0.126. The van der Waals surface area contributed by atoms with Crippen LogP contribution in [0.4, 0.5) is 5.82 Å². The molecule has 0 N–H and O–H groups in total. The van der Waals surface area contributed by atoms with E-state index in [1.807, 2.05) is 37.3 Å². The Kier molecular flexibility index (Phi) is 4.57. The number of hydrogen-bond acceptors (Lipinski definition) is 4. The van der Waals surface area contributed by atoms with Gasteiger partial charge in [-0.25, -0.2) is 9.97 Å². The fourth-order valence-electron chi connectivity index (χ4n) is 3.41. The van der Waals surface area contributed by atoms with Gasteiger partial charge < -0.3 is 4.90 Å². The molecule has 2 unspecified atom stereocenters. The number of hydrogen-bond donors (Lipinski definition) is 0. The third kappa shape index (κ3) is 3.19. The monoisotopic (exact) mass is 306 g/mol. The Morgan fingerprint density at radius 3 is 2.78 bits per heavy atom. The Hall–Kier alpha value is -2.41. The molecule has 1 saturated heterocycles. The molecular weight excluding hydrogens is 284 g/mol. The average Bonchev–Trinajstić information content (AvgIpc) is 3.05. The fraction of sp³-hybridized carbons (Fsp3) is 0.421. The van der Waals surface area contributed by atoms with Crippen LogP contribution in [-0.2, 0) is 6.42 Å². The summed E-state index contributed by atoms with van der Waals surface area (Å²) >= 11 is 0. The maximum Gasteiger partial charge on any atom is 0.132 e. The summed E-state index contributed by atoms with van der Waals surface area (Å²) in [5.74, 6) is 1.64. The number of benzene rings is 1. The van der Waals surface area contributed by atoms with Gasteiger partial charge in [-0.05, 0) is 31.7 Å². The molecule has 1 aliphatic heterocycles. The number of aromatic nitrogens is 2. The summed E-state index contributed by atoms with van der Waals surface area (Å²) < 4.78 is 0. The Balaban J connectivity index is 1.94. The van der Waals surface area contributed by atoms with E-state index in [1.165, 1.54) is 0 Å². The molecule has 4 nitrogen and oxygen atoms in total. The normalized spacial score (nSPS) is 18.7. The van der Waals surface area contributed by atoms with Crippen LogP contribution in [0, 0.1) is 18.3 Å². The molecule has 3 rings (SSSR count). The lowest BCUT2D eigenvalue weighted by Gasteiger charge is -2.29. The molecule has 0 aliphatic carbocycles. The predicted molar refractivity (Wildman–Crippen MR) is 91.3 cm³/mol. The van der Waals surface area contributed by atoms with Crippen molar-refractivity contribution in [3.63, 3.8) is 0 Å². The minimum atomic E-state index is -0.126. The molecule has 1 aromatic carbocycles. The van der Waals surface area contributed by atoms with Crippen LogP contribution in [0.5, 0.6) is 0 Å². The van der Waals surface area contributed by atoms with Crippen molar-refractivity contribution in [1.82, 2.24) is 9.97 Å². The lowest BCUT2D eigenvalue weighted by atomic mass is 9.91. The molecule has 0 amide bonds. The third-order valence-corrected chi connectivity index (χ3v) is 4.52. The van der Waals surface area contributed by atoms with Crippen LogP contribution in [0.25, 0.3) is 0 Å². The van der Waals surface area contributed by atoms with Crippen LogP contribution in [0.15, 0.2) is 36.4 Å². The molecular formula is C19H22N4. The number of nitrogens with zero attached hydrogens (tertiary/aromatic N) is 4. The molecule has 0 radical (unpaired) electrons. The SMILES string of the molecule is CCc1cc(N2CCCC2C(C#N)c2ccccc2)nc(C)n1. The first-order valence-corrected chi connectivity index (χ1v) is 8.28. The van der Waals surface area contributed by atoms with Gasteiger partial charge >= 0.3 is 0 Å². The highest BCUT2D eigenvalue weighted by Gasteiger charge is 2.33. The maximum absolute atomic E-state index is 9.75. The summed E-state index contributed by atoms with van der Waals surface area (Å²) in [6, 6.07) is 14.9. The standard InChI is InChI=1S/C19H22N4/c1-3-16-12-19(22-14(2)21-16)23-11-7-10-18(23)17(13-20)15-8-5-4-6-9-15/h4-6,8-9,12,17-18H,3,7,10-11H2,1-2H3. The first kappa shape index (κ1) is 15.5. The van der Waals surface area contributed by atoms with E-state index in [0.29, 0.717) is 0 Å². The third-order valence-electron chi connectivity index (χ3n) is 4.52. The van der Waals surface area contributed by atoms with Gasteiger partial charge in [0, 0.05) is 18.3 Å². The molecule has 1 aliphatic rings. The highest BCUT2D eigenvalue weighted by Crippen LogP contribution is 2.33. The summed E-state index contributed by atoms with van der Waals surface area (Å²) in [5.41, 5.74) is 2.15. The summed E-state index contributed by atoms with van der Waals surface area (Å²) in [6.45, 7) is 5.00. The molecule has 2 atom stereocenters. The van der Waals surface area contributed by atoms with Crippen LogP contribution in [0.1, 0.15) is 42.8 Å². The summed E-state index contributed by atoms with van der Waals surface area (Å²) in [5, 5.41) is 9.75. The van der Waals surface area contributed by atoms with Crippen molar-refractivity contribution < 1.29 is 0 Å². The van der Waals surface area contributed by atoms with E-state index < -0.39 is 0 Å². The molecule has 2 heterocycles. The second-order valence-electron chi connectivity index (χ2n) is 6.04. The first-order chi connectivity index (χ1) is 11.2. The predicted octanol–water partition coefficient (Wildman–Crippen LogP) is 3.62. The van der Waals surface area contributed by atoms with Gasteiger partial charge in [0.15, 0.2) is 0 Å². The zero-order chi connectivity index (χ0) is 16.2. The molecule has 1 fully saturated rings. The van der Waals surface area contributed by atoms with Gasteiger partial charge in [-0.2, -0.15) is 5.26 Å². The minimum Gasteiger partial charge on any atom is -0.352 e. The Morgan fingerprint density at radius 2 is 2.09 bits per heavy atom. The first-order valence-electron chi connectivity index (χ1n) is 8.28. The fourth-order valence-corrected chi connectivity index (χ4v) is 3.41. The summed E-state index contributed by atoms with van der Waals surface area (Å²) in [4.78, 5) is 11.4. The molecule has 0 bridgehead atoms. The number of aryl methyl sites for hydroxylation is 2. The largest absolute Gasteiger partial charge is 0.352 e. The number of rotatable bonds is 4. The molecule has 0 saturated carbocycles. The summed E-state index contributed by atoms with van der Waals surface area (Å²) in [7, 11) is 0. The summed E-state index contributed by atoms with van der Waals surface area (Å²) in [6.07, 6.45) is 3.02. The van der Waals surface area contributed by atoms with Crippen LogP contribution in [0.3, 0.4) is 0 Å². The maximum atomic E-state index is 9.75. The topological polar surface area (TPSA) is 52.8 Å². The second-order valence-corrected chi connectivity index (χ2v) is 6.04. The molecule has 4 heteroatoms. The molecule has 1 aromatic heterocycles. The molecule has 23 heavy (non-hydrogen) atoms. The van der Waals surface area contributed by atoms with Gasteiger partial charge in [-0.3, -0.25) is 0 Å². The van der Waals surface area contributed by atoms with Crippen molar-refractivity contribution in [2.75, 3.05) is 11.4 Å². The Morgan fingerprint density at radius 1 is 1.30 bits per heavy atom. The van der Waals surface area contributed by atoms with Gasteiger partial charge in [0.2, 0.25) is 0 Å². The van der Waals surface area contributed by atoms with E-state index in [9.17, 15) is 5.26 Å². The van der Waals surface area contributed by atoms with Gasteiger partial charge in [-0.1, -0.05) is 37.3 Å². The highest BCUT2D eigenvalue weighted by molar-refractivity contribution is 5.45. The van der Waals surface area contributed by atoms with Crippen molar-refractivity contribution in [3.8, 4) is 6.07 Å². The zero-order valence-corrected chi connectivity index (χ0v) is 13.7. The van der Waals surface area contributed by atoms with Crippen LogP contribution < -0.4 is 4.90 Å². The van der Waals surface area contributed by atoms with Gasteiger partial charge in [0.05, 0.1) is 18.0 Å². The van der Waals surface area contributed by atoms with Gasteiger partial charge in [-0.15, -0.1) is 0 Å². The van der Waals surface area contributed by atoms with E-state index in [4.69, 9.17) is 0 Å². The zero-order valence-electron chi connectivity index (χ0n) is 13.7. The van der Waals surface area contributed by atoms with Crippen molar-refractivity contribution in [2.24, 2.45) is 0 Å². The van der Waals surface area contributed by atoms with Gasteiger partial charge in [0.25, 0.3) is 0 Å². The van der Waals surface area contributed by atoms with Crippen LogP contribution in [0.2, 0.25) is 0 Å². The number of anilines is 1.